The van der Waals surface area contributed by atoms with Gasteiger partial charge in [0.25, 0.3) is 5.91 Å². The minimum absolute atomic E-state index is 0.0230. The maximum Gasteiger partial charge on any atom is 0.252 e. The Kier molecular flexibility index (Phi) is 3.29. The molecule has 0 aliphatic rings. The van der Waals surface area contributed by atoms with Crippen LogP contribution in [-0.4, -0.2) is 5.91 Å². The van der Waals surface area contributed by atoms with E-state index < -0.39 is 0 Å². The van der Waals surface area contributed by atoms with E-state index >= 15 is 0 Å². The Labute approximate surface area is 115 Å². The molecule has 1 aromatic heterocycles. The predicted molar refractivity (Wildman–Crippen MR) is 79.4 cm³/mol. The van der Waals surface area contributed by atoms with Gasteiger partial charge in [-0.05, 0) is 28.3 Å². The number of thiophene rings is 1. The van der Waals surface area contributed by atoms with Crippen molar-refractivity contribution in [3.63, 3.8) is 0 Å². The van der Waals surface area contributed by atoms with Gasteiger partial charge in [-0.2, -0.15) is 0 Å². The molecule has 2 nitrogen and oxygen atoms in total. The molecule has 0 saturated carbocycles. The summed E-state index contributed by atoms with van der Waals surface area (Å²) in [5, 5.41) is 7.06. The molecule has 0 aliphatic heterocycles. The van der Waals surface area contributed by atoms with Gasteiger partial charge in [-0.3, -0.25) is 4.79 Å². The molecule has 2 aromatic carbocycles. The zero-order chi connectivity index (χ0) is 13.1. The first kappa shape index (κ1) is 11.9. The molecule has 0 aliphatic carbocycles. The summed E-state index contributed by atoms with van der Waals surface area (Å²) < 4.78 is 0. The third-order valence-corrected chi connectivity index (χ3v) is 3.91. The highest BCUT2D eigenvalue weighted by Crippen LogP contribution is 2.18. The van der Waals surface area contributed by atoms with E-state index in [1.54, 1.807) is 11.3 Å². The number of amides is 1. The van der Waals surface area contributed by atoms with Crippen molar-refractivity contribution in [2.24, 2.45) is 0 Å². The predicted octanol–water partition coefficient (Wildman–Crippen LogP) is 3.83. The monoisotopic (exact) mass is 267 g/mol. The lowest BCUT2D eigenvalue weighted by Gasteiger charge is -2.07. The Morgan fingerprint density at radius 3 is 2.68 bits per heavy atom. The summed E-state index contributed by atoms with van der Waals surface area (Å²) in [7, 11) is 0. The largest absolute Gasteiger partial charge is 0.347 e. The van der Waals surface area contributed by atoms with Gasteiger partial charge in [0, 0.05) is 10.4 Å². The van der Waals surface area contributed by atoms with E-state index in [4.69, 9.17) is 0 Å². The van der Waals surface area contributed by atoms with Crippen LogP contribution in [0, 0.1) is 0 Å². The number of carbonyl (C=O) groups is 1. The van der Waals surface area contributed by atoms with Gasteiger partial charge in [-0.1, -0.05) is 42.5 Å². The first-order valence-corrected chi connectivity index (χ1v) is 7.01. The lowest BCUT2D eigenvalue weighted by Crippen LogP contribution is -2.22. The molecule has 94 valence electrons. The highest BCUT2D eigenvalue weighted by atomic mass is 32.1. The Morgan fingerprint density at radius 2 is 1.84 bits per heavy atom. The minimum atomic E-state index is -0.0230. The van der Waals surface area contributed by atoms with E-state index in [0.717, 1.165) is 21.2 Å². The van der Waals surface area contributed by atoms with Crippen LogP contribution in [-0.2, 0) is 6.54 Å². The third-order valence-electron chi connectivity index (χ3n) is 3.04. The molecule has 3 rings (SSSR count). The Balaban J connectivity index is 1.85. The van der Waals surface area contributed by atoms with Crippen molar-refractivity contribution in [2.45, 2.75) is 6.54 Å². The van der Waals surface area contributed by atoms with Crippen LogP contribution in [0.2, 0.25) is 0 Å². The normalized spacial score (nSPS) is 10.5. The summed E-state index contributed by atoms with van der Waals surface area (Å²) in [6.07, 6.45) is 0. The fourth-order valence-corrected chi connectivity index (χ4v) is 2.74. The van der Waals surface area contributed by atoms with E-state index in [1.165, 1.54) is 0 Å². The Hall–Kier alpha value is -2.13. The molecule has 0 unspecified atom stereocenters. The van der Waals surface area contributed by atoms with E-state index in [9.17, 15) is 4.79 Å². The second-order valence-corrected chi connectivity index (χ2v) is 5.32. The average Bonchev–Trinajstić information content (AvgIpc) is 2.97. The van der Waals surface area contributed by atoms with Crippen molar-refractivity contribution in [2.75, 3.05) is 0 Å². The van der Waals surface area contributed by atoms with Gasteiger partial charge in [0.2, 0.25) is 0 Å². The maximum absolute atomic E-state index is 12.2. The first-order chi connectivity index (χ1) is 9.34. The summed E-state index contributed by atoms with van der Waals surface area (Å²) in [4.78, 5) is 13.4. The molecule has 0 radical (unpaired) electrons. The van der Waals surface area contributed by atoms with Crippen LogP contribution in [0.25, 0.3) is 10.8 Å². The van der Waals surface area contributed by atoms with Gasteiger partial charge in [0.1, 0.15) is 0 Å². The van der Waals surface area contributed by atoms with E-state index in [1.807, 2.05) is 60.0 Å². The summed E-state index contributed by atoms with van der Waals surface area (Å²) in [5.74, 6) is -0.0230. The molecule has 0 spiro atoms. The summed E-state index contributed by atoms with van der Waals surface area (Å²) in [6.45, 7) is 0.583. The number of carbonyl (C=O) groups excluding carboxylic acids is 1. The summed E-state index contributed by atoms with van der Waals surface area (Å²) >= 11 is 1.65. The molecular formula is C16H13NOS. The van der Waals surface area contributed by atoms with Crippen molar-refractivity contribution in [1.29, 1.82) is 0 Å². The van der Waals surface area contributed by atoms with Gasteiger partial charge in [0.05, 0.1) is 6.54 Å². The number of rotatable bonds is 3. The summed E-state index contributed by atoms with van der Waals surface area (Å²) in [6, 6.07) is 17.8. The van der Waals surface area contributed by atoms with Crippen LogP contribution in [0.5, 0.6) is 0 Å². The lowest BCUT2D eigenvalue weighted by molar-refractivity contribution is 0.0953. The fraction of sp³-hybridized carbons (Fsp3) is 0.0625. The van der Waals surface area contributed by atoms with Crippen molar-refractivity contribution in [3.8, 4) is 0 Å². The van der Waals surface area contributed by atoms with E-state index in [2.05, 4.69) is 5.32 Å². The Bertz CT molecular complexity index is 698. The van der Waals surface area contributed by atoms with E-state index in [-0.39, 0.29) is 5.91 Å². The molecule has 0 fully saturated rings. The molecule has 1 amide bonds. The molecule has 1 heterocycles. The zero-order valence-electron chi connectivity index (χ0n) is 10.3. The molecule has 0 atom stereocenters. The van der Waals surface area contributed by atoms with Crippen molar-refractivity contribution < 1.29 is 4.79 Å². The lowest BCUT2D eigenvalue weighted by atomic mass is 10.0. The van der Waals surface area contributed by atoms with Gasteiger partial charge >= 0.3 is 0 Å². The molecule has 3 heteroatoms. The van der Waals surface area contributed by atoms with Gasteiger partial charge < -0.3 is 5.32 Å². The zero-order valence-corrected chi connectivity index (χ0v) is 11.1. The van der Waals surface area contributed by atoms with Gasteiger partial charge in [0.15, 0.2) is 0 Å². The smallest absolute Gasteiger partial charge is 0.252 e. The molecule has 0 saturated heterocycles. The van der Waals surface area contributed by atoms with Crippen LogP contribution in [0.15, 0.2) is 60.0 Å². The molecule has 1 N–H and O–H groups in total. The summed E-state index contributed by atoms with van der Waals surface area (Å²) in [5.41, 5.74) is 0.731. The standard InChI is InChI=1S/C16H13NOS/c18-16(17-11-13-7-4-10-19-13)15-9-3-6-12-5-1-2-8-14(12)15/h1-10H,11H2,(H,17,18). The number of benzene rings is 2. The van der Waals surface area contributed by atoms with Crippen LogP contribution in [0.3, 0.4) is 0 Å². The molecular weight excluding hydrogens is 254 g/mol. The quantitative estimate of drug-likeness (QED) is 0.767. The van der Waals surface area contributed by atoms with Crippen molar-refractivity contribution in [1.82, 2.24) is 5.32 Å². The van der Waals surface area contributed by atoms with Crippen LogP contribution in [0.1, 0.15) is 15.2 Å². The minimum Gasteiger partial charge on any atom is -0.347 e. The SMILES string of the molecule is O=C(NCc1cccs1)c1cccc2ccccc12. The number of hydrogen-bond acceptors (Lipinski definition) is 2. The topological polar surface area (TPSA) is 29.1 Å². The second-order valence-electron chi connectivity index (χ2n) is 4.29. The van der Waals surface area contributed by atoms with Crippen LogP contribution in [0.4, 0.5) is 0 Å². The molecule has 3 aromatic rings. The highest BCUT2D eigenvalue weighted by molar-refractivity contribution is 7.09. The average molecular weight is 267 g/mol. The van der Waals surface area contributed by atoms with Crippen molar-refractivity contribution in [3.05, 3.63) is 70.4 Å². The maximum atomic E-state index is 12.2. The van der Waals surface area contributed by atoms with Crippen LogP contribution >= 0.6 is 11.3 Å². The fourth-order valence-electron chi connectivity index (χ4n) is 2.10. The van der Waals surface area contributed by atoms with Gasteiger partial charge in [-0.25, -0.2) is 0 Å². The highest BCUT2D eigenvalue weighted by Gasteiger charge is 2.09. The van der Waals surface area contributed by atoms with Gasteiger partial charge in [-0.15, -0.1) is 11.3 Å². The van der Waals surface area contributed by atoms with Crippen molar-refractivity contribution >= 4 is 28.0 Å². The van der Waals surface area contributed by atoms with Crippen LogP contribution < -0.4 is 5.32 Å². The Morgan fingerprint density at radius 1 is 1.00 bits per heavy atom. The molecule has 19 heavy (non-hydrogen) atoms. The first-order valence-electron chi connectivity index (χ1n) is 6.13. The third kappa shape index (κ3) is 2.51. The number of fused-ring (bicyclic) bond motifs is 1. The number of nitrogens with one attached hydrogen (secondary N) is 1. The van der Waals surface area contributed by atoms with E-state index in [0.29, 0.717) is 6.54 Å². The number of hydrogen-bond donors (Lipinski definition) is 1. The molecule has 0 bridgehead atoms. The second kappa shape index (κ2) is 5.24.